The zero-order valence-electron chi connectivity index (χ0n) is 11.5. The zero-order valence-corrected chi connectivity index (χ0v) is 11.5. The van der Waals surface area contributed by atoms with E-state index in [0.29, 0.717) is 0 Å². The fourth-order valence-electron chi connectivity index (χ4n) is 4.52. The van der Waals surface area contributed by atoms with Crippen molar-refractivity contribution in [3.8, 4) is 0 Å². The Balaban J connectivity index is 1.38. The molecule has 0 aromatic carbocycles. The van der Waals surface area contributed by atoms with Crippen molar-refractivity contribution in [3.05, 3.63) is 24.5 Å². The van der Waals surface area contributed by atoms with Crippen LogP contribution in [0.3, 0.4) is 0 Å². The van der Waals surface area contributed by atoms with E-state index >= 15 is 0 Å². The number of anilines is 1. The number of piperazine rings is 1. The predicted octanol–water partition coefficient (Wildman–Crippen LogP) is 2.39. The lowest BCUT2D eigenvalue weighted by molar-refractivity contribution is 0.135. The van der Waals surface area contributed by atoms with Crippen LogP contribution in [0.1, 0.15) is 25.7 Å². The summed E-state index contributed by atoms with van der Waals surface area (Å²) in [5.74, 6) is 2.09. The minimum absolute atomic E-state index is 0.915. The number of hydrogen-bond donors (Lipinski definition) is 0. The van der Waals surface area contributed by atoms with Crippen molar-refractivity contribution in [2.24, 2.45) is 11.8 Å². The van der Waals surface area contributed by atoms with Crippen molar-refractivity contribution >= 4 is 5.69 Å². The Kier molecular flexibility index (Phi) is 2.95. The Morgan fingerprint density at radius 1 is 0.947 bits per heavy atom. The lowest BCUT2D eigenvalue weighted by Gasteiger charge is -2.41. The first-order chi connectivity index (χ1) is 9.40. The van der Waals surface area contributed by atoms with Crippen LogP contribution in [0.4, 0.5) is 5.69 Å². The second kappa shape index (κ2) is 4.78. The molecule has 3 fully saturated rings. The van der Waals surface area contributed by atoms with E-state index in [1.165, 1.54) is 57.5 Å². The molecule has 3 aliphatic rings. The molecule has 3 nitrogen and oxygen atoms in total. The van der Waals surface area contributed by atoms with E-state index in [-0.39, 0.29) is 0 Å². The van der Waals surface area contributed by atoms with Gasteiger partial charge in [-0.3, -0.25) is 9.88 Å². The molecule has 2 heterocycles. The van der Waals surface area contributed by atoms with Crippen LogP contribution in [-0.2, 0) is 0 Å². The number of hydrogen-bond acceptors (Lipinski definition) is 3. The van der Waals surface area contributed by atoms with Crippen LogP contribution in [0, 0.1) is 11.8 Å². The van der Waals surface area contributed by atoms with Crippen molar-refractivity contribution in [3.63, 3.8) is 0 Å². The van der Waals surface area contributed by atoms with Gasteiger partial charge in [-0.05, 0) is 43.2 Å². The molecule has 3 heteroatoms. The first-order valence-electron chi connectivity index (χ1n) is 7.79. The summed E-state index contributed by atoms with van der Waals surface area (Å²) in [6.45, 7) is 4.85. The summed E-state index contributed by atoms with van der Waals surface area (Å²) < 4.78 is 0. The average molecular weight is 257 g/mol. The number of pyridine rings is 1. The molecule has 1 aliphatic heterocycles. The molecule has 3 atom stereocenters. The molecular formula is C16H23N3. The summed E-state index contributed by atoms with van der Waals surface area (Å²) in [4.78, 5) is 9.39. The SMILES string of the molecule is c1cc(N2CCN([C@@H]3C[C@H]4CC[C@H]3C4)CC2)ccn1. The number of nitrogens with zero attached hydrogens (tertiary/aromatic N) is 3. The van der Waals surface area contributed by atoms with Crippen LogP contribution in [0.15, 0.2) is 24.5 Å². The maximum Gasteiger partial charge on any atom is 0.0397 e. The number of rotatable bonds is 2. The second-order valence-electron chi connectivity index (χ2n) is 6.47. The molecule has 0 spiro atoms. The molecule has 1 saturated heterocycles. The molecule has 4 rings (SSSR count). The third-order valence-corrected chi connectivity index (χ3v) is 5.51. The van der Waals surface area contributed by atoms with Gasteiger partial charge in [0.05, 0.1) is 0 Å². The molecule has 0 N–H and O–H groups in total. The molecule has 0 unspecified atom stereocenters. The Labute approximate surface area is 115 Å². The summed E-state index contributed by atoms with van der Waals surface area (Å²) in [5, 5.41) is 0. The molecular weight excluding hydrogens is 234 g/mol. The van der Waals surface area contributed by atoms with E-state index in [1.807, 2.05) is 12.4 Å². The van der Waals surface area contributed by atoms with Crippen LogP contribution in [0.2, 0.25) is 0 Å². The van der Waals surface area contributed by atoms with E-state index in [4.69, 9.17) is 0 Å². The Bertz CT molecular complexity index is 425. The fourth-order valence-corrected chi connectivity index (χ4v) is 4.52. The summed E-state index contributed by atoms with van der Waals surface area (Å²) in [5.41, 5.74) is 1.34. The minimum Gasteiger partial charge on any atom is -0.369 e. The number of aromatic nitrogens is 1. The molecule has 0 amide bonds. The van der Waals surface area contributed by atoms with Crippen LogP contribution in [-0.4, -0.2) is 42.1 Å². The Morgan fingerprint density at radius 3 is 2.37 bits per heavy atom. The van der Waals surface area contributed by atoms with Crippen molar-refractivity contribution in [2.45, 2.75) is 31.7 Å². The minimum atomic E-state index is 0.915. The summed E-state index contributed by atoms with van der Waals surface area (Å²) in [6, 6.07) is 5.18. The van der Waals surface area contributed by atoms with E-state index in [1.54, 1.807) is 0 Å². The topological polar surface area (TPSA) is 19.4 Å². The largest absolute Gasteiger partial charge is 0.369 e. The molecule has 1 aromatic rings. The van der Waals surface area contributed by atoms with Crippen molar-refractivity contribution < 1.29 is 0 Å². The molecule has 1 aromatic heterocycles. The predicted molar refractivity (Wildman–Crippen MR) is 77.3 cm³/mol. The summed E-state index contributed by atoms with van der Waals surface area (Å²) >= 11 is 0. The monoisotopic (exact) mass is 257 g/mol. The van der Waals surface area contributed by atoms with E-state index in [2.05, 4.69) is 26.9 Å². The number of fused-ring (bicyclic) bond motifs is 2. The van der Waals surface area contributed by atoms with E-state index in [0.717, 1.165) is 17.9 Å². The van der Waals surface area contributed by atoms with Gasteiger partial charge in [0.15, 0.2) is 0 Å². The van der Waals surface area contributed by atoms with Gasteiger partial charge >= 0.3 is 0 Å². The van der Waals surface area contributed by atoms with Gasteiger partial charge in [0, 0.05) is 50.3 Å². The average Bonchev–Trinajstić information content (AvgIpc) is 3.11. The third kappa shape index (κ3) is 2.14. The van der Waals surface area contributed by atoms with E-state index < -0.39 is 0 Å². The normalized spacial score (nSPS) is 34.9. The van der Waals surface area contributed by atoms with Gasteiger partial charge in [-0.25, -0.2) is 0 Å². The first kappa shape index (κ1) is 11.7. The van der Waals surface area contributed by atoms with Crippen molar-refractivity contribution in [1.29, 1.82) is 0 Å². The third-order valence-electron chi connectivity index (χ3n) is 5.51. The summed E-state index contributed by atoms with van der Waals surface area (Å²) in [6.07, 6.45) is 9.82. The Morgan fingerprint density at radius 2 is 1.74 bits per heavy atom. The standard InChI is InChI=1S/C16H23N3/c1-2-14-11-13(1)12-16(14)19-9-7-18(8-10-19)15-3-5-17-6-4-15/h3-6,13-14,16H,1-2,7-12H2/t13-,14-,16+/m0/s1. The van der Waals surface area contributed by atoms with Gasteiger partial charge in [0.25, 0.3) is 0 Å². The van der Waals surface area contributed by atoms with Gasteiger partial charge in [-0.2, -0.15) is 0 Å². The maximum absolute atomic E-state index is 4.11. The molecule has 0 radical (unpaired) electrons. The van der Waals surface area contributed by atoms with E-state index in [9.17, 15) is 0 Å². The highest BCUT2D eigenvalue weighted by Crippen LogP contribution is 2.46. The lowest BCUT2D eigenvalue weighted by atomic mass is 9.93. The highest BCUT2D eigenvalue weighted by molar-refractivity contribution is 5.45. The Hall–Kier alpha value is -1.09. The highest BCUT2D eigenvalue weighted by atomic mass is 15.3. The molecule has 2 aliphatic carbocycles. The quantitative estimate of drug-likeness (QED) is 0.811. The highest BCUT2D eigenvalue weighted by Gasteiger charge is 2.42. The van der Waals surface area contributed by atoms with Crippen LogP contribution in [0.5, 0.6) is 0 Å². The van der Waals surface area contributed by atoms with Crippen molar-refractivity contribution in [1.82, 2.24) is 9.88 Å². The first-order valence-corrected chi connectivity index (χ1v) is 7.79. The zero-order chi connectivity index (χ0) is 12.7. The molecule has 19 heavy (non-hydrogen) atoms. The molecule has 2 saturated carbocycles. The van der Waals surface area contributed by atoms with Gasteiger partial charge in [-0.1, -0.05) is 6.42 Å². The van der Waals surface area contributed by atoms with Crippen LogP contribution < -0.4 is 4.90 Å². The van der Waals surface area contributed by atoms with Crippen molar-refractivity contribution in [2.75, 3.05) is 31.1 Å². The van der Waals surface area contributed by atoms with Crippen LogP contribution >= 0.6 is 0 Å². The molecule has 102 valence electrons. The van der Waals surface area contributed by atoms with Crippen LogP contribution in [0.25, 0.3) is 0 Å². The second-order valence-corrected chi connectivity index (χ2v) is 6.47. The maximum atomic E-state index is 4.11. The van der Waals surface area contributed by atoms with Gasteiger partial charge in [0.1, 0.15) is 0 Å². The van der Waals surface area contributed by atoms with Gasteiger partial charge in [-0.15, -0.1) is 0 Å². The fraction of sp³-hybridized carbons (Fsp3) is 0.688. The van der Waals surface area contributed by atoms with Gasteiger partial charge in [0.2, 0.25) is 0 Å². The summed E-state index contributed by atoms with van der Waals surface area (Å²) in [7, 11) is 0. The smallest absolute Gasteiger partial charge is 0.0397 e. The van der Waals surface area contributed by atoms with Gasteiger partial charge < -0.3 is 4.90 Å². The lowest BCUT2D eigenvalue weighted by Crippen LogP contribution is -2.51. The molecule has 2 bridgehead atoms.